The van der Waals surface area contributed by atoms with E-state index in [9.17, 15) is 0 Å². The number of nitrogen functional groups attached to an aromatic ring is 1. The number of nitrogens with zero attached hydrogens (tertiary/aromatic N) is 4. The lowest BCUT2D eigenvalue weighted by Gasteiger charge is -2.02. The van der Waals surface area contributed by atoms with Gasteiger partial charge in [0.05, 0.1) is 15.9 Å². The van der Waals surface area contributed by atoms with Crippen molar-refractivity contribution in [1.82, 2.24) is 19.6 Å². The molecular weight excluding hydrogens is 294 g/mol. The molecule has 0 unspecified atom stereocenters. The Kier molecular flexibility index (Phi) is 2.42. The number of halogens is 1. The predicted molar refractivity (Wildman–Crippen MR) is 81.0 cm³/mol. The molecule has 0 bridgehead atoms. The number of fused-ring (bicyclic) bond motifs is 3. The van der Waals surface area contributed by atoms with E-state index in [1.807, 2.05) is 29.6 Å². The fourth-order valence-electron chi connectivity index (χ4n) is 2.10. The minimum atomic E-state index is 0.357. The van der Waals surface area contributed by atoms with Gasteiger partial charge in [0.25, 0.3) is 0 Å². The van der Waals surface area contributed by atoms with Crippen LogP contribution in [0.4, 0.5) is 5.82 Å². The molecule has 0 aliphatic heterocycles. The molecular formula is C13H8ClN5S. The smallest absolute Gasteiger partial charge is 0.199 e. The van der Waals surface area contributed by atoms with Crippen LogP contribution in [0.15, 0.2) is 35.7 Å². The summed E-state index contributed by atoms with van der Waals surface area (Å²) in [7, 11) is 0. The van der Waals surface area contributed by atoms with E-state index < -0.39 is 0 Å². The number of nitrogens with two attached hydrogens (primary N) is 1. The molecule has 98 valence electrons. The molecule has 0 saturated heterocycles. The Morgan fingerprint density at radius 3 is 2.90 bits per heavy atom. The molecule has 20 heavy (non-hydrogen) atoms. The van der Waals surface area contributed by atoms with Crippen LogP contribution in [-0.4, -0.2) is 19.6 Å². The average Bonchev–Trinajstić information content (AvgIpc) is 3.08. The van der Waals surface area contributed by atoms with Gasteiger partial charge in [0.1, 0.15) is 0 Å². The normalized spacial score (nSPS) is 11.4. The molecule has 0 aliphatic rings. The Bertz CT molecular complexity index is 929. The van der Waals surface area contributed by atoms with Gasteiger partial charge in [-0.3, -0.25) is 0 Å². The molecule has 0 atom stereocenters. The van der Waals surface area contributed by atoms with E-state index in [1.54, 1.807) is 21.9 Å². The van der Waals surface area contributed by atoms with E-state index in [2.05, 4.69) is 15.1 Å². The lowest BCUT2D eigenvalue weighted by atomic mass is 10.3. The highest BCUT2D eigenvalue weighted by atomic mass is 35.5. The van der Waals surface area contributed by atoms with Crippen LogP contribution in [0.5, 0.6) is 0 Å². The minimum absolute atomic E-state index is 0.357. The van der Waals surface area contributed by atoms with Crippen molar-refractivity contribution in [3.8, 4) is 10.7 Å². The zero-order valence-electron chi connectivity index (χ0n) is 10.1. The maximum absolute atomic E-state index is 6.05. The lowest BCUT2D eigenvalue weighted by Crippen LogP contribution is -1.99. The Morgan fingerprint density at radius 1 is 1.20 bits per heavy atom. The molecule has 3 aromatic heterocycles. The van der Waals surface area contributed by atoms with Crippen molar-refractivity contribution in [3.05, 3.63) is 40.7 Å². The highest BCUT2D eigenvalue weighted by Crippen LogP contribution is 2.26. The second-order valence-electron chi connectivity index (χ2n) is 4.28. The molecule has 0 fully saturated rings. The van der Waals surface area contributed by atoms with Crippen molar-refractivity contribution < 1.29 is 0 Å². The van der Waals surface area contributed by atoms with Gasteiger partial charge in [0.2, 0.25) is 0 Å². The van der Waals surface area contributed by atoms with Crippen LogP contribution in [0, 0.1) is 0 Å². The van der Waals surface area contributed by atoms with Gasteiger partial charge in [-0.15, -0.1) is 16.4 Å². The molecule has 3 heterocycles. The Labute approximate surface area is 122 Å². The van der Waals surface area contributed by atoms with Gasteiger partial charge in [-0.1, -0.05) is 17.7 Å². The van der Waals surface area contributed by atoms with Crippen molar-refractivity contribution in [2.24, 2.45) is 0 Å². The average molecular weight is 302 g/mol. The number of hydrogen-bond donors (Lipinski definition) is 1. The summed E-state index contributed by atoms with van der Waals surface area (Å²) in [5.41, 5.74) is 8.03. The van der Waals surface area contributed by atoms with E-state index >= 15 is 0 Å². The lowest BCUT2D eigenvalue weighted by molar-refractivity contribution is 1.00. The summed E-state index contributed by atoms with van der Waals surface area (Å²) in [6.45, 7) is 0. The van der Waals surface area contributed by atoms with Crippen LogP contribution in [0.2, 0.25) is 5.02 Å². The second-order valence-corrected chi connectivity index (χ2v) is 5.66. The van der Waals surface area contributed by atoms with Crippen molar-refractivity contribution in [1.29, 1.82) is 0 Å². The number of thiophene rings is 1. The van der Waals surface area contributed by atoms with Crippen LogP contribution in [-0.2, 0) is 0 Å². The first-order chi connectivity index (χ1) is 9.72. The van der Waals surface area contributed by atoms with Gasteiger partial charge in [0.15, 0.2) is 17.3 Å². The van der Waals surface area contributed by atoms with Crippen LogP contribution in [0.3, 0.4) is 0 Å². The van der Waals surface area contributed by atoms with E-state index in [1.165, 1.54) is 0 Å². The molecule has 1 aromatic carbocycles. The third-order valence-electron chi connectivity index (χ3n) is 2.98. The first kappa shape index (κ1) is 11.6. The van der Waals surface area contributed by atoms with Crippen LogP contribution < -0.4 is 5.73 Å². The maximum atomic E-state index is 6.05. The zero-order chi connectivity index (χ0) is 13.7. The highest BCUT2D eigenvalue weighted by molar-refractivity contribution is 7.13. The largest absolute Gasteiger partial charge is 0.381 e. The number of rotatable bonds is 1. The quantitative estimate of drug-likeness (QED) is 0.586. The van der Waals surface area contributed by atoms with Crippen molar-refractivity contribution in [3.63, 3.8) is 0 Å². The molecule has 0 spiro atoms. The Balaban J connectivity index is 2.12. The second kappa shape index (κ2) is 4.16. The topological polar surface area (TPSA) is 69.1 Å². The predicted octanol–water partition coefficient (Wildman–Crippen LogP) is 3.24. The zero-order valence-corrected chi connectivity index (χ0v) is 11.7. The van der Waals surface area contributed by atoms with Gasteiger partial charge >= 0.3 is 0 Å². The number of hydrogen-bond acceptors (Lipinski definition) is 5. The maximum Gasteiger partial charge on any atom is 0.199 e. The summed E-state index contributed by atoms with van der Waals surface area (Å²) < 4.78 is 1.69. The molecule has 7 heteroatoms. The summed E-state index contributed by atoms with van der Waals surface area (Å²) in [6.07, 6.45) is 0. The molecule has 0 saturated carbocycles. The third-order valence-corrected chi connectivity index (χ3v) is 4.09. The first-order valence-electron chi connectivity index (χ1n) is 5.88. The Morgan fingerprint density at radius 2 is 2.10 bits per heavy atom. The molecule has 0 radical (unpaired) electrons. The SMILES string of the molecule is Nc1nc2ccc(Cl)cc2n2nc(-c3cccs3)nc12. The van der Waals surface area contributed by atoms with Gasteiger partial charge in [-0.05, 0) is 29.6 Å². The van der Waals surface area contributed by atoms with Crippen LogP contribution >= 0.6 is 22.9 Å². The summed E-state index contributed by atoms with van der Waals surface area (Å²) >= 11 is 7.63. The summed E-state index contributed by atoms with van der Waals surface area (Å²) in [5, 5.41) is 7.13. The molecule has 0 amide bonds. The fourth-order valence-corrected chi connectivity index (χ4v) is 2.92. The number of aromatic nitrogens is 4. The van der Waals surface area contributed by atoms with Crippen molar-refractivity contribution in [2.75, 3.05) is 5.73 Å². The van der Waals surface area contributed by atoms with Gasteiger partial charge in [-0.25, -0.2) is 14.5 Å². The highest BCUT2D eigenvalue weighted by Gasteiger charge is 2.13. The van der Waals surface area contributed by atoms with Crippen LogP contribution in [0.25, 0.3) is 27.4 Å². The molecule has 4 aromatic rings. The summed E-state index contributed by atoms with van der Waals surface area (Å²) in [5.74, 6) is 0.996. The van der Waals surface area contributed by atoms with E-state index in [0.717, 1.165) is 15.9 Å². The van der Waals surface area contributed by atoms with E-state index in [0.29, 0.717) is 22.3 Å². The minimum Gasteiger partial charge on any atom is -0.381 e. The molecule has 2 N–H and O–H groups in total. The van der Waals surface area contributed by atoms with Gasteiger partial charge < -0.3 is 5.73 Å². The third kappa shape index (κ3) is 1.65. The van der Waals surface area contributed by atoms with Crippen LogP contribution in [0.1, 0.15) is 0 Å². The van der Waals surface area contributed by atoms with E-state index in [-0.39, 0.29) is 0 Å². The summed E-state index contributed by atoms with van der Waals surface area (Å²) in [6, 6.07) is 9.34. The van der Waals surface area contributed by atoms with Gasteiger partial charge in [0, 0.05) is 5.02 Å². The monoisotopic (exact) mass is 301 g/mol. The standard InChI is InChI=1S/C13H8ClN5S/c14-7-3-4-8-9(6-7)19-13(11(15)16-8)17-12(18-19)10-2-1-5-20-10/h1-6H,(H2,15,16). The fraction of sp³-hybridized carbons (Fsp3) is 0. The molecule has 5 nitrogen and oxygen atoms in total. The number of anilines is 1. The van der Waals surface area contributed by atoms with Crippen molar-refractivity contribution in [2.45, 2.75) is 0 Å². The first-order valence-corrected chi connectivity index (χ1v) is 7.13. The summed E-state index contributed by atoms with van der Waals surface area (Å²) in [4.78, 5) is 9.79. The van der Waals surface area contributed by atoms with E-state index in [4.69, 9.17) is 17.3 Å². The van der Waals surface area contributed by atoms with Crippen molar-refractivity contribution >= 4 is 45.4 Å². The molecule has 4 rings (SSSR count). The Hall–Kier alpha value is -2.18. The van der Waals surface area contributed by atoms with Gasteiger partial charge in [-0.2, -0.15) is 0 Å². The molecule has 0 aliphatic carbocycles. The number of benzene rings is 1.